The Hall–Kier alpha value is -1.40. The Morgan fingerprint density at radius 3 is 2.24 bits per heavy atom. The third kappa shape index (κ3) is 8.41. The van der Waals surface area contributed by atoms with Crippen molar-refractivity contribution >= 4 is 11.9 Å². The molecule has 0 radical (unpaired) electrons. The zero-order chi connectivity index (χ0) is 33.6. The predicted molar refractivity (Wildman–Crippen MR) is 184 cm³/mol. The molecule has 0 amide bonds. The number of esters is 2. The maximum atomic E-state index is 12.3. The molecule has 0 spiro atoms. The van der Waals surface area contributed by atoms with Crippen LogP contribution in [-0.4, -0.2) is 48.6 Å². The van der Waals surface area contributed by atoms with E-state index in [2.05, 4.69) is 41.2 Å². The molecule has 4 aliphatic carbocycles. The van der Waals surface area contributed by atoms with E-state index in [0.717, 1.165) is 54.3 Å². The summed E-state index contributed by atoms with van der Waals surface area (Å²) >= 11 is 0. The van der Waals surface area contributed by atoms with Gasteiger partial charge in [0.1, 0.15) is 0 Å². The summed E-state index contributed by atoms with van der Waals surface area (Å²) in [4.78, 5) is 24.4. The molecule has 2 unspecified atom stereocenters. The summed E-state index contributed by atoms with van der Waals surface area (Å²) in [6.07, 6.45) is 18.4. The molecule has 6 heteroatoms. The van der Waals surface area contributed by atoms with Crippen molar-refractivity contribution in [3.8, 4) is 0 Å². The normalized spacial score (nSPS) is 35.8. The summed E-state index contributed by atoms with van der Waals surface area (Å²) in [6, 6.07) is 0. The lowest BCUT2D eigenvalue weighted by Gasteiger charge is -2.61. The number of carbonyl (C=O) groups is 2. The molecule has 4 aliphatic rings. The molecule has 0 saturated heterocycles. The third-order valence-corrected chi connectivity index (χ3v) is 14.0. The van der Waals surface area contributed by atoms with Gasteiger partial charge in [-0.15, -0.1) is 0 Å². The highest BCUT2D eigenvalue weighted by atomic mass is 16.5. The summed E-state index contributed by atoms with van der Waals surface area (Å²) in [7, 11) is 0. The van der Waals surface area contributed by atoms with Crippen molar-refractivity contribution in [3.63, 3.8) is 0 Å². The average Bonchev–Trinajstić information content (AvgIpc) is 3.40. The summed E-state index contributed by atoms with van der Waals surface area (Å²) in [5.74, 6) is 4.99. The standard InChI is InChI=1S/C40H68O6/c1-26(2)9-8-10-27(3)34-15-16-35-33-14-13-32-21-30(17-19-39(32,6)36(33)18-20-40(34,35)7)11-12-31(24-45-37(43)28(4)22-41)25-46-38(44)29(5)23-42/h26-27,29-36,41-42H,4,8-25H2,1-3,5-7H3/t27-,29?,30+,31?,32+,33+,34-,35+,36+,39+,40-/m1/s1. The molecule has 11 atom stereocenters. The van der Waals surface area contributed by atoms with Gasteiger partial charge in [-0.2, -0.15) is 0 Å². The van der Waals surface area contributed by atoms with Crippen LogP contribution in [0, 0.1) is 70.0 Å². The number of hydrogen-bond donors (Lipinski definition) is 2. The zero-order valence-electron chi connectivity index (χ0n) is 30.2. The Morgan fingerprint density at radius 1 is 0.848 bits per heavy atom. The van der Waals surface area contributed by atoms with Crippen LogP contribution in [0.15, 0.2) is 12.2 Å². The number of ether oxygens (including phenoxy) is 2. The first-order valence-electron chi connectivity index (χ1n) is 19.1. The van der Waals surface area contributed by atoms with Gasteiger partial charge in [0.05, 0.1) is 37.9 Å². The predicted octanol–water partition coefficient (Wildman–Crippen LogP) is 8.38. The minimum atomic E-state index is -0.606. The first-order chi connectivity index (χ1) is 21.8. The largest absolute Gasteiger partial charge is 0.465 e. The zero-order valence-corrected chi connectivity index (χ0v) is 30.2. The lowest BCUT2D eigenvalue weighted by molar-refractivity contribution is -0.152. The van der Waals surface area contributed by atoms with Crippen LogP contribution in [0.3, 0.4) is 0 Å². The van der Waals surface area contributed by atoms with Gasteiger partial charge >= 0.3 is 11.9 Å². The minimum absolute atomic E-state index is 0.0270. The molecule has 0 aromatic carbocycles. The second kappa shape index (κ2) is 16.3. The molecule has 2 N–H and O–H groups in total. The maximum absolute atomic E-state index is 12.3. The van der Waals surface area contributed by atoms with Crippen LogP contribution in [0.4, 0.5) is 0 Å². The fourth-order valence-electron chi connectivity index (χ4n) is 11.1. The molecule has 0 aliphatic heterocycles. The van der Waals surface area contributed by atoms with Gasteiger partial charge in [0.25, 0.3) is 0 Å². The van der Waals surface area contributed by atoms with E-state index < -0.39 is 24.5 Å². The van der Waals surface area contributed by atoms with Crippen molar-refractivity contribution in [3.05, 3.63) is 12.2 Å². The van der Waals surface area contributed by atoms with Crippen LogP contribution < -0.4 is 0 Å². The number of aliphatic hydroxyl groups excluding tert-OH is 2. The Kier molecular flexibility index (Phi) is 13.3. The van der Waals surface area contributed by atoms with Gasteiger partial charge in [-0.1, -0.05) is 60.5 Å². The van der Waals surface area contributed by atoms with E-state index in [9.17, 15) is 19.8 Å². The fourth-order valence-corrected chi connectivity index (χ4v) is 11.1. The lowest BCUT2D eigenvalue weighted by Crippen LogP contribution is -2.53. The van der Waals surface area contributed by atoms with Crippen LogP contribution in [-0.2, 0) is 19.1 Å². The maximum Gasteiger partial charge on any atom is 0.335 e. The highest BCUT2D eigenvalue weighted by molar-refractivity contribution is 5.87. The van der Waals surface area contributed by atoms with E-state index in [1.54, 1.807) is 6.92 Å². The summed E-state index contributed by atoms with van der Waals surface area (Å²) in [5.41, 5.74) is 1.02. The molecule has 0 bridgehead atoms. The molecule has 4 saturated carbocycles. The topological polar surface area (TPSA) is 93.1 Å². The van der Waals surface area contributed by atoms with Crippen molar-refractivity contribution in [2.24, 2.45) is 70.0 Å². The smallest absolute Gasteiger partial charge is 0.335 e. The molecule has 0 aromatic heterocycles. The van der Waals surface area contributed by atoms with Crippen LogP contribution in [0.1, 0.15) is 131 Å². The minimum Gasteiger partial charge on any atom is -0.465 e. The fraction of sp³-hybridized carbons (Fsp3) is 0.900. The lowest BCUT2D eigenvalue weighted by atomic mass is 9.44. The van der Waals surface area contributed by atoms with Crippen molar-refractivity contribution in [2.75, 3.05) is 26.4 Å². The van der Waals surface area contributed by atoms with Gasteiger partial charge in [0.2, 0.25) is 0 Å². The number of hydrogen-bond acceptors (Lipinski definition) is 6. The van der Waals surface area contributed by atoms with E-state index in [-0.39, 0.29) is 31.3 Å². The van der Waals surface area contributed by atoms with Crippen molar-refractivity contribution < 1.29 is 29.3 Å². The Labute approximate surface area is 280 Å². The van der Waals surface area contributed by atoms with E-state index in [1.165, 1.54) is 77.0 Å². The van der Waals surface area contributed by atoms with Gasteiger partial charge in [-0.3, -0.25) is 4.79 Å². The number of aliphatic hydroxyl groups is 2. The second-order valence-corrected chi connectivity index (χ2v) is 17.3. The van der Waals surface area contributed by atoms with Crippen molar-refractivity contribution in [2.45, 2.75) is 131 Å². The summed E-state index contributed by atoms with van der Waals surface area (Å²) in [5, 5.41) is 18.6. The van der Waals surface area contributed by atoms with Crippen LogP contribution >= 0.6 is 0 Å². The molecular weight excluding hydrogens is 576 g/mol. The number of rotatable bonds is 16. The Bertz CT molecular complexity index is 1020. The SMILES string of the molecule is C=C(CO)C(=O)OCC(CC[C@H]1CC[C@@]2(C)[C@@H](CC[C@@H]3[C@@H]2CC[C@]2(C)[C@@H]([C@H](C)CCCC(C)C)CC[C@@H]32)C1)COC(=O)C(C)CO. The van der Waals surface area contributed by atoms with Crippen LogP contribution in [0.5, 0.6) is 0 Å². The van der Waals surface area contributed by atoms with Gasteiger partial charge < -0.3 is 19.7 Å². The van der Waals surface area contributed by atoms with Gasteiger partial charge in [0, 0.05) is 5.92 Å². The molecule has 46 heavy (non-hydrogen) atoms. The third-order valence-electron chi connectivity index (χ3n) is 14.0. The van der Waals surface area contributed by atoms with Crippen LogP contribution in [0.2, 0.25) is 0 Å². The van der Waals surface area contributed by atoms with E-state index in [0.29, 0.717) is 16.7 Å². The van der Waals surface area contributed by atoms with Crippen LogP contribution in [0.25, 0.3) is 0 Å². The van der Waals surface area contributed by atoms with Gasteiger partial charge in [-0.25, -0.2) is 4.79 Å². The van der Waals surface area contributed by atoms with E-state index in [4.69, 9.17) is 9.47 Å². The summed E-state index contributed by atoms with van der Waals surface area (Å²) < 4.78 is 10.9. The van der Waals surface area contributed by atoms with Crippen molar-refractivity contribution in [1.29, 1.82) is 0 Å². The molecule has 4 rings (SSSR count). The molecule has 0 heterocycles. The Morgan fingerprint density at radius 2 is 1.54 bits per heavy atom. The highest BCUT2D eigenvalue weighted by Gasteiger charge is 2.60. The molecule has 0 aromatic rings. The average molecular weight is 645 g/mol. The highest BCUT2D eigenvalue weighted by Crippen LogP contribution is 2.68. The monoisotopic (exact) mass is 645 g/mol. The first kappa shape index (κ1) is 37.4. The first-order valence-corrected chi connectivity index (χ1v) is 19.1. The Balaban J connectivity index is 1.33. The molecular formula is C40H68O6. The number of carbonyl (C=O) groups excluding carboxylic acids is 2. The molecule has 6 nitrogen and oxygen atoms in total. The van der Waals surface area contributed by atoms with Gasteiger partial charge in [-0.05, 0) is 136 Å². The van der Waals surface area contributed by atoms with E-state index in [1.807, 2.05) is 0 Å². The second-order valence-electron chi connectivity index (χ2n) is 17.3. The van der Waals surface area contributed by atoms with Crippen molar-refractivity contribution in [1.82, 2.24) is 0 Å². The molecule has 4 fully saturated rings. The quantitative estimate of drug-likeness (QED) is 0.130. The summed E-state index contributed by atoms with van der Waals surface area (Å²) in [6.45, 7) is 17.5. The molecule has 264 valence electrons. The number of fused-ring (bicyclic) bond motifs is 5. The van der Waals surface area contributed by atoms with Gasteiger partial charge in [0.15, 0.2) is 0 Å². The van der Waals surface area contributed by atoms with E-state index >= 15 is 0 Å².